The molecule has 0 atom stereocenters. The summed E-state index contributed by atoms with van der Waals surface area (Å²) in [5, 5.41) is 0. The maximum atomic E-state index is 0. The van der Waals surface area contributed by atoms with E-state index in [1.54, 1.807) is 0 Å². The molecule has 6 heavy (non-hydrogen) atoms. The Hall–Kier alpha value is 6.47. The maximum absolute atomic E-state index is 0. The van der Waals surface area contributed by atoms with E-state index < -0.39 is 0 Å². The monoisotopic (exact) mass is 195 g/mol. The summed E-state index contributed by atoms with van der Waals surface area (Å²) >= 11 is 0. The smallest absolute Gasteiger partial charge is 1.00 e. The summed E-state index contributed by atoms with van der Waals surface area (Å²) in [7, 11) is 0. The van der Waals surface area contributed by atoms with Gasteiger partial charge < -0.3 is 17.3 Å². The Morgan fingerprint density at radius 1 is 0.667 bits per heavy atom. The van der Waals surface area contributed by atoms with Gasteiger partial charge in [-0.05, 0) is 0 Å². The van der Waals surface area contributed by atoms with E-state index in [9.17, 15) is 0 Å². The van der Waals surface area contributed by atoms with Crippen LogP contribution in [0.15, 0.2) is 0 Å². The van der Waals surface area contributed by atoms with E-state index in [0.717, 1.165) is 0 Å². The standard InChI is InChI=1S/4K.H3N.H2O.4H/h;;;;1H3;1H2;;;;/q4*+1;;;4*-1. The zero-order chi connectivity index (χ0) is 0. The predicted molar refractivity (Wildman–Crippen MR) is 13.1 cm³/mol. The van der Waals surface area contributed by atoms with Gasteiger partial charge in [0.25, 0.3) is 0 Å². The topological polar surface area (TPSA) is 66.5 Å². The summed E-state index contributed by atoms with van der Waals surface area (Å²) in [6.45, 7) is 0. The van der Waals surface area contributed by atoms with Crippen molar-refractivity contribution in [2.24, 2.45) is 0 Å². The molecule has 0 saturated carbocycles. The number of rotatable bonds is 0. The summed E-state index contributed by atoms with van der Waals surface area (Å²) in [6, 6.07) is 0. The minimum Gasteiger partial charge on any atom is -1.00 e. The molecule has 0 radical (unpaired) electrons. The molecule has 0 spiro atoms. The first-order chi connectivity index (χ1) is 0. The van der Waals surface area contributed by atoms with Gasteiger partial charge in [-0.25, -0.2) is 0 Å². The summed E-state index contributed by atoms with van der Waals surface area (Å²) in [4.78, 5) is 0. The van der Waals surface area contributed by atoms with E-state index in [1.165, 1.54) is 0 Å². The molecule has 0 aliphatic heterocycles. The van der Waals surface area contributed by atoms with Crippen LogP contribution in [0.5, 0.6) is 0 Å². The Morgan fingerprint density at radius 2 is 0.667 bits per heavy atom. The van der Waals surface area contributed by atoms with Crippen molar-refractivity contribution in [3.63, 3.8) is 0 Å². The van der Waals surface area contributed by atoms with Crippen LogP contribution in [0.2, 0.25) is 0 Å². The quantitative estimate of drug-likeness (QED) is 0.383. The van der Waals surface area contributed by atoms with E-state index in [4.69, 9.17) is 0 Å². The molecule has 24 valence electrons. The van der Waals surface area contributed by atoms with Crippen molar-refractivity contribution < 1.29 is 217 Å². The Bertz CT molecular complexity index is 17.2. The summed E-state index contributed by atoms with van der Waals surface area (Å²) in [6.07, 6.45) is 0. The minimum absolute atomic E-state index is 0. The minimum atomic E-state index is 0. The van der Waals surface area contributed by atoms with Crippen LogP contribution in [0.25, 0.3) is 0 Å². The third-order valence-corrected chi connectivity index (χ3v) is 0. The third kappa shape index (κ3) is 22.4. The van der Waals surface area contributed by atoms with Gasteiger partial charge in [0.15, 0.2) is 0 Å². The molecule has 0 unspecified atom stereocenters. The second kappa shape index (κ2) is 30.0. The van der Waals surface area contributed by atoms with E-state index in [1.807, 2.05) is 0 Å². The molecule has 0 rings (SSSR count). The molecule has 0 aliphatic rings. The fourth-order valence-corrected chi connectivity index (χ4v) is 0. The van der Waals surface area contributed by atoms with Crippen molar-refractivity contribution >= 4 is 0 Å². The fraction of sp³-hybridized carbons (Fsp3) is 0. The first-order valence-electron chi connectivity index (χ1n) is 0. The van der Waals surface area contributed by atoms with Crippen molar-refractivity contribution in [3.05, 3.63) is 0 Å². The van der Waals surface area contributed by atoms with Crippen molar-refractivity contribution in [2.45, 2.75) is 0 Å². The zero-order valence-corrected chi connectivity index (χ0v) is 17.7. The number of hydrogen-bond acceptors (Lipinski definition) is 1. The van der Waals surface area contributed by atoms with Crippen LogP contribution in [0.3, 0.4) is 0 Å². The van der Waals surface area contributed by atoms with Crippen LogP contribution in [0.4, 0.5) is 0 Å². The molecule has 6 heteroatoms. The molecule has 0 aromatic carbocycles. The second-order valence-corrected chi connectivity index (χ2v) is 0. The van der Waals surface area contributed by atoms with Crippen LogP contribution < -0.4 is 212 Å². The molecule has 0 fully saturated rings. The summed E-state index contributed by atoms with van der Waals surface area (Å²) < 4.78 is 0. The Labute approximate surface area is 215 Å². The van der Waals surface area contributed by atoms with Crippen LogP contribution in [0.1, 0.15) is 5.71 Å². The van der Waals surface area contributed by atoms with E-state index in [0.29, 0.717) is 0 Å². The Kier molecular flexibility index (Phi) is 196. The van der Waals surface area contributed by atoms with Crippen LogP contribution >= 0.6 is 0 Å². The van der Waals surface area contributed by atoms with E-state index in [-0.39, 0.29) is 223 Å². The van der Waals surface area contributed by atoms with Crippen LogP contribution in [0, 0.1) is 0 Å². The predicted octanol–water partition coefficient (Wildman–Crippen LogP) is -12.2. The van der Waals surface area contributed by atoms with Gasteiger partial charge in [0.2, 0.25) is 0 Å². The first kappa shape index (κ1) is 39.2. The molecule has 0 heterocycles. The molecule has 0 aromatic rings. The van der Waals surface area contributed by atoms with Gasteiger partial charge in [0.05, 0.1) is 0 Å². The summed E-state index contributed by atoms with van der Waals surface area (Å²) in [5.74, 6) is 0. The second-order valence-electron chi connectivity index (χ2n) is 0. The normalized spacial score (nSPS) is 0. The van der Waals surface area contributed by atoms with Crippen molar-refractivity contribution in [2.75, 3.05) is 0 Å². The average Bonchev–Trinajstić information content (AvgIpc) is 0. The van der Waals surface area contributed by atoms with Gasteiger partial charge in [-0.2, -0.15) is 0 Å². The van der Waals surface area contributed by atoms with Gasteiger partial charge in [-0.1, -0.05) is 0 Å². The summed E-state index contributed by atoms with van der Waals surface area (Å²) in [5.41, 5.74) is 0. The maximum Gasteiger partial charge on any atom is 1.00 e. The number of hydrogen-bond donors (Lipinski definition) is 1. The van der Waals surface area contributed by atoms with Gasteiger partial charge in [-0.3, -0.25) is 0 Å². The average molecular weight is 195 g/mol. The Balaban J connectivity index is 0. The van der Waals surface area contributed by atoms with E-state index >= 15 is 0 Å². The van der Waals surface area contributed by atoms with Crippen LogP contribution in [-0.4, -0.2) is 5.48 Å². The van der Waals surface area contributed by atoms with Gasteiger partial charge in [-0.15, -0.1) is 0 Å². The Morgan fingerprint density at radius 3 is 0.667 bits per heavy atom. The molecule has 0 amide bonds. The molecule has 0 aliphatic carbocycles. The molecular weight excluding hydrogens is 186 g/mol. The molecule has 2 nitrogen and oxygen atoms in total. The zero-order valence-electron chi connectivity index (χ0n) is 9.21. The van der Waals surface area contributed by atoms with E-state index in [2.05, 4.69) is 0 Å². The largest absolute Gasteiger partial charge is 1.00 e. The molecule has 0 saturated heterocycles. The first-order valence-corrected chi connectivity index (χ1v) is 0. The molecule has 0 bridgehead atoms. The van der Waals surface area contributed by atoms with Crippen LogP contribution in [-0.2, 0) is 0 Å². The van der Waals surface area contributed by atoms with Crippen molar-refractivity contribution in [1.82, 2.24) is 6.15 Å². The van der Waals surface area contributed by atoms with Crippen molar-refractivity contribution in [3.8, 4) is 0 Å². The molecule has 5 N–H and O–H groups in total. The van der Waals surface area contributed by atoms with Gasteiger partial charge >= 0.3 is 206 Å². The third-order valence-electron chi connectivity index (χ3n) is 0. The fourth-order valence-electron chi connectivity index (χ4n) is 0. The molecule has 0 aromatic heterocycles. The SMILES string of the molecule is N.O.[H-].[H-].[H-].[H-].[K+].[K+].[K+].[K+]. The molecular formula is H9K4NO. The van der Waals surface area contributed by atoms with Crippen molar-refractivity contribution in [1.29, 1.82) is 0 Å². The van der Waals surface area contributed by atoms with Gasteiger partial charge in [0, 0.05) is 0 Å². The van der Waals surface area contributed by atoms with Gasteiger partial charge in [0.1, 0.15) is 0 Å².